The fraction of sp³-hybridized carbons (Fsp3) is 0.385. The molecule has 0 fully saturated rings. The zero-order valence-electron chi connectivity index (χ0n) is 9.55. The summed E-state index contributed by atoms with van der Waals surface area (Å²) in [4.78, 5) is 0. The standard InChI is InChI=1S/C13H19NO/c1-4-14-9-12(3)10-15-13-7-5-6-11(2)8-13/h5-8,14H,3-4,9-10H2,1-2H3. The fourth-order valence-corrected chi connectivity index (χ4v) is 1.24. The first kappa shape index (κ1) is 11.8. The molecule has 0 aliphatic heterocycles. The minimum Gasteiger partial charge on any atom is -0.489 e. The first-order valence-corrected chi connectivity index (χ1v) is 5.29. The highest BCUT2D eigenvalue weighted by molar-refractivity contribution is 5.27. The van der Waals surface area contributed by atoms with Gasteiger partial charge in [0.15, 0.2) is 0 Å². The molecule has 0 amide bonds. The average Bonchev–Trinajstić information content (AvgIpc) is 2.23. The van der Waals surface area contributed by atoms with Gasteiger partial charge in [-0.15, -0.1) is 0 Å². The van der Waals surface area contributed by atoms with Crippen molar-refractivity contribution in [3.05, 3.63) is 42.0 Å². The van der Waals surface area contributed by atoms with Gasteiger partial charge in [0.2, 0.25) is 0 Å². The highest BCUT2D eigenvalue weighted by Gasteiger charge is 1.96. The molecular weight excluding hydrogens is 186 g/mol. The molecule has 0 bridgehead atoms. The molecule has 0 saturated carbocycles. The maximum absolute atomic E-state index is 5.61. The molecule has 0 saturated heterocycles. The quantitative estimate of drug-likeness (QED) is 0.721. The van der Waals surface area contributed by atoms with E-state index in [1.807, 2.05) is 18.2 Å². The summed E-state index contributed by atoms with van der Waals surface area (Å²) >= 11 is 0. The lowest BCUT2D eigenvalue weighted by Crippen LogP contribution is -2.18. The summed E-state index contributed by atoms with van der Waals surface area (Å²) in [7, 11) is 0. The summed E-state index contributed by atoms with van der Waals surface area (Å²) in [5.74, 6) is 0.910. The van der Waals surface area contributed by atoms with Crippen LogP contribution in [0.5, 0.6) is 5.75 Å². The predicted octanol–water partition coefficient (Wildman–Crippen LogP) is 2.54. The Morgan fingerprint density at radius 3 is 2.93 bits per heavy atom. The lowest BCUT2D eigenvalue weighted by molar-refractivity contribution is 0.348. The van der Waals surface area contributed by atoms with Crippen LogP contribution in [0.1, 0.15) is 12.5 Å². The summed E-state index contributed by atoms with van der Waals surface area (Å²) in [5, 5.41) is 3.22. The topological polar surface area (TPSA) is 21.3 Å². The molecule has 2 heteroatoms. The van der Waals surface area contributed by atoms with Crippen LogP contribution in [-0.4, -0.2) is 19.7 Å². The van der Waals surface area contributed by atoms with E-state index >= 15 is 0 Å². The maximum Gasteiger partial charge on any atom is 0.120 e. The van der Waals surface area contributed by atoms with Crippen molar-refractivity contribution >= 4 is 0 Å². The van der Waals surface area contributed by atoms with Crippen molar-refractivity contribution in [2.75, 3.05) is 19.7 Å². The summed E-state index contributed by atoms with van der Waals surface area (Å²) < 4.78 is 5.61. The van der Waals surface area contributed by atoms with Gasteiger partial charge in [0.05, 0.1) is 0 Å². The zero-order chi connectivity index (χ0) is 11.1. The molecule has 1 N–H and O–H groups in total. The summed E-state index contributed by atoms with van der Waals surface area (Å²) in [6, 6.07) is 8.05. The van der Waals surface area contributed by atoms with Crippen LogP contribution in [0.25, 0.3) is 0 Å². The van der Waals surface area contributed by atoms with Gasteiger partial charge < -0.3 is 10.1 Å². The molecule has 1 rings (SSSR count). The zero-order valence-corrected chi connectivity index (χ0v) is 9.55. The molecule has 0 unspecified atom stereocenters. The van der Waals surface area contributed by atoms with Gasteiger partial charge in [-0.2, -0.15) is 0 Å². The third-order valence-electron chi connectivity index (χ3n) is 2.06. The molecule has 0 aromatic heterocycles. The van der Waals surface area contributed by atoms with Crippen LogP contribution >= 0.6 is 0 Å². The van der Waals surface area contributed by atoms with E-state index in [4.69, 9.17) is 4.74 Å². The Balaban J connectivity index is 2.33. The van der Waals surface area contributed by atoms with E-state index in [0.29, 0.717) is 6.61 Å². The van der Waals surface area contributed by atoms with E-state index in [1.165, 1.54) is 5.56 Å². The predicted molar refractivity (Wildman–Crippen MR) is 64.4 cm³/mol. The second-order valence-corrected chi connectivity index (χ2v) is 3.64. The van der Waals surface area contributed by atoms with Gasteiger partial charge in [-0.05, 0) is 36.7 Å². The Morgan fingerprint density at radius 2 is 2.27 bits per heavy atom. The SMILES string of the molecule is C=C(CNCC)COc1cccc(C)c1. The summed E-state index contributed by atoms with van der Waals surface area (Å²) in [6.45, 7) is 10.4. The smallest absolute Gasteiger partial charge is 0.120 e. The van der Waals surface area contributed by atoms with Gasteiger partial charge in [-0.1, -0.05) is 25.6 Å². The molecule has 0 heterocycles. The fourth-order valence-electron chi connectivity index (χ4n) is 1.24. The van der Waals surface area contributed by atoms with E-state index in [-0.39, 0.29) is 0 Å². The minimum absolute atomic E-state index is 0.580. The Hall–Kier alpha value is -1.28. The van der Waals surface area contributed by atoms with Crippen molar-refractivity contribution in [1.82, 2.24) is 5.32 Å². The molecule has 82 valence electrons. The van der Waals surface area contributed by atoms with E-state index in [2.05, 4.69) is 31.8 Å². The lowest BCUT2D eigenvalue weighted by Gasteiger charge is -2.09. The highest BCUT2D eigenvalue weighted by Crippen LogP contribution is 2.12. The summed E-state index contributed by atoms with van der Waals surface area (Å²) in [6.07, 6.45) is 0. The highest BCUT2D eigenvalue weighted by atomic mass is 16.5. The third kappa shape index (κ3) is 4.66. The Labute approximate surface area is 92.0 Å². The average molecular weight is 205 g/mol. The number of hydrogen-bond donors (Lipinski definition) is 1. The minimum atomic E-state index is 0.580. The van der Waals surface area contributed by atoms with Crippen molar-refractivity contribution in [2.24, 2.45) is 0 Å². The number of nitrogens with one attached hydrogen (secondary N) is 1. The first-order chi connectivity index (χ1) is 7.22. The monoisotopic (exact) mass is 205 g/mol. The number of benzene rings is 1. The molecule has 2 nitrogen and oxygen atoms in total. The Bertz CT molecular complexity index is 320. The van der Waals surface area contributed by atoms with Crippen LogP contribution in [0, 0.1) is 6.92 Å². The van der Waals surface area contributed by atoms with Crippen LogP contribution in [-0.2, 0) is 0 Å². The van der Waals surface area contributed by atoms with Crippen LogP contribution in [0.4, 0.5) is 0 Å². The molecule has 0 spiro atoms. The van der Waals surface area contributed by atoms with Crippen LogP contribution in [0.2, 0.25) is 0 Å². The Morgan fingerprint density at radius 1 is 1.47 bits per heavy atom. The largest absolute Gasteiger partial charge is 0.489 e. The van der Waals surface area contributed by atoms with Gasteiger partial charge in [0.1, 0.15) is 12.4 Å². The van der Waals surface area contributed by atoms with Crippen molar-refractivity contribution in [1.29, 1.82) is 0 Å². The van der Waals surface area contributed by atoms with Gasteiger partial charge in [0, 0.05) is 6.54 Å². The van der Waals surface area contributed by atoms with Crippen LogP contribution < -0.4 is 10.1 Å². The number of rotatable bonds is 6. The number of likely N-dealkylation sites (N-methyl/N-ethyl adjacent to an activating group) is 1. The maximum atomic E-state index is 5.61. The normalized spacial score (nSPS) is 10.0. The second-order valence-electron chi connectivity index (χ2n) is 3.64. The van der Waals surface area contributed by atoms with Crippen molar-refractivity contribution in [2.45, 2.75) is 13.8 Å². The molecule has 0 atom stereocenters. The van der Waals surface area contributed by atoms with Crippen molar-refractivity contribution in [3.63, 3.8) is 0 Å². The first-order valence-electron chi connectivity index (χ1n) is 5.29. The van der Waals surface area contributed by atoms with Crippen LogP contribution in [0.3, 0.4) is 0 Å². The molecule has 1 aromatic carbocycles. The molecular formula is C13H19NO. The molecule has 15 heavy (non-hydrogen) atoms. The van der Waals surface area contributed by atoms with E-state index < -0.39 is 0 Å². The van der Waals surface area contributed by atoms with Crippen molar-refractivity contribution in [3.8, 4) is 5.75 Å². The van der Waals surface area contributed by atoms with Gasteiger partial charge in [0.25, 0.3) is 0 Å². The number of aryl methyl sites for hydroxylation is 1. The number of ether oxygens (including phenoxy) is 1. The summed E-state index contributed by atoms with van der Waals surface area (Å²) in [5.41, 5.74) is 2.28. The van der Waals surface area contributed by atoms with Gasteiger partial charge >= 0.3 is 0 Å². The van der Waals surface area contributed by atoms with E-state index in [9.17, 15) is 0 Å². The van der Waals surface area contributed by atoms with Crippen LogP contribution in [0.15, 0.2) is 36.4 Å². The van der Waals surface area contributed by atoms with E-state index in [1.54, 1.807) is 0 Å². The van der Waals surface area contributed by atoms with Crippen molar-refractivity contribution < 1.29 is 4.74 Å². The van der Waals surface area contributed by atoms with Gasteiger partial charge in [-0.25, -0.2) is 0 Å². The molecule has 0 aliphatic rings. The third-order valence-corrected chi connectivity index (χ3v) is 2.06. The molecule has 1 aromatic rings. The Kier molecular flexibility index (Phi) is 4.91. The van der Waals surface area contributed by atoms with E-state index in [0.717, 1.165) is 24.4 Å². The van der Waals surface area contributed by atoms with Gasteiger partial charge in [-0.3, -0.25) is 0 Å². The second kappa shape index (κ2) is 6.25. The lowest BCUT2D eigenvalue weighted by atomic mass is 10.2. The number of hydrogen-bond acceptors (Lipinski definition) is 2. The molecule has 0 aliphatic carbocycles. The molecule has 0 radical (unpaired) electrons.